The Kier molecular flexibility index (Phi) is 7.59. The van der Waals surface area contributed by atoms with Crippen molar-refractivity contribution in [3.05, 3.63) is 71.8 Å². The Labute approximate surface area is 174 Å². The first-order valence-corrected chi connectivity index (χ1v) is 10.6. The highest BCUT2D eigenvalue weighted by Crippen LogP contribution is 2.40. The Balaban J connectivity index is 1.99. The molecule has 0 unspecified atom stereocenters. The van der Waals surface area contributed by atoms with Gasteiger partial charge in [-0.15, -0.1) is 0 Å². The second kappa shape index (κ2) is 10.1. The second-order valence-corrected chi connectivity index (χ2v) is 8.14. The van der Waals surface area contributed by atoms with Gasteiger partial charge in [0.25, 0.3) is 0 Å². The maximum Gasteiger partial charge on any atom is 0.157 e. The zero-order chi connectivity index (χ0) is 20.7. The number of carbonyl (C=O) groups is 1. The minimum Gasteiger partial charge on any atom is -0.353 e. The van der Waals surface area contributed by atoms with E-state index in [1.807, 2.05) is 36.4 Å². The van der Waals surface area contributed by atoms with Crippen molar-refractivity contribution in [2.75, 3.05) is 27.3 Å². The molecule has 0 amide bonds. The van der Waals surface area contributed by atoms with Crippen molar-refractivity contribution in [2.45, 2.75) is 50.4 Å². The van der Waals surface area contributed by atoms with Crippen LogP contribution in [0.25, 0.3) is 0 Å². The van der Waals surface area contributed by atoms with Gasteiger partial charge in [-0.3, -0.25) is 4.79 Å². The summed E-state index contributed by atoms with van der Waals surface area (Å²) in [6.07, 6.45) is 2.39. The number of hydrogen-bond acceptors (Lipinski definition) is 4. The van der Waals surface area contributed by atoms with Gasteiger partial charge in [0.05, 0.1) is 18.6 Å². The average molecular weight is 396 g/mol. The van der Waals surface area contributed by atoms with Gasteiger partial charge in [0.15, 0.2) is 6.29 Å². The number of Topliss-reactive ketones (excluding diaryl/α,β-unsaturated/α-hetero) is 1. The normalized spacial score (nSPS) is 16.7. The Hall–Kier alpha value is -2.01. The largest absolute Gasteiger partial charge is 0.353 e. The van der Waals surface area contributed by atoms with Crippen molar-refractivity contribution in [1.29, 1.82) is 0 Å². The first kappa shape index (κ1) is 21.7. The van der Waals surface area contributed by atoms with E-state index in [4.69, 9.17) is 9.47 Å². The number of rotatable bonds is 9. The predicted molar refractivity (Wildman–Crippen MR) is 116 cm³/mol. The molecular weight excluding hydrogens is 362 g/mol. The summed E-state index contributed by atoms with van der Waals surface area (Å²) >= 11 is 0. The molecule has 1 aliphatic heterocycles. The van der Waals surface area contributed by atoms with Crippen molar-refractivity contribution in [1.82, 2.24) is 4.90 Å². The van der Waals surface area contributed by atoms with Gasteiger partial charge in [0.2, 0.25) is 0 Å². The molecule has 0 aliphatic carbocycles. The highest BCUT2D eigenvalue weighted by atomic mass is 16.7. The van der Waals surface area contributed by atoms with Crippen LogP contribution in [0, 0.1) is 0 Å². The highest BCUT2D eigenvalue weighted by Gasteiger charge is 2.42. The second-order valence-electron chi connectivity index (χ2n) is 8.14. The lowest BCUT2D eigenvalue weighted by Gasteiger charge is -2.38. The van der Waals surface area contributed by atoms with Gasteiger partial charge in [-0.05, 0) is 45.0 Å². The molecule has 4 heteroatoms. The number of carbonyl (C=O) groups excluding carboxylic acids is 1. The quantitative estimate of drug-likeness (QED) is 0.630. The van der Waals surface area contributed by atoms with Gasteiger partial charge < -0.3 is 14.4 Å². The lowest BCUT2D eigenvalue weighted by Crippen LogP contribution is -2.43. The molecule has 3 rings (SSSR count). The molecule has 4 nitrogen and oxygen atoms in total. The van der Waals surface area contributed by atoms with Crippen LogP contribution in [0.2, 0.25) is 0 Å². The summed E-state index contributed by atoms with van der Waals surface area (Å²) in [6.45, 7) is 3.60. The van der Waals surface area contributed by atoms with E-state index in [0.29, 0.717) is 26.1 Å². The topological polar surface area (TPSA) is 38.8 Å². The molecule has 0 radical (unpaired) electrons. The van der Waals surface area contributed by atoms with E-state index in [1.165, 1.54) is 0 Å². The number of benzene rings is 2. The molecule has 1 heterocycles. The molecule has 0 N–H and O–H groups in total. The monoisotopic (exact) mass is 395 g/mol. The molecule has 156 valence electrons. The van der Waals surface area contributed by atoms with Gasteiger partial charge in [0, 0.05) is 18.9 Å². The minimum atomic E-state index is -0.694. The fraction of sp³-hybridized carbons (Fsp3) is 0.480. The third kappa shape index (κ3) is 5.13. The van der Waals surface area contributed by atoms with E-state index < -0.39 is 5.41 Å². The van der Waals surface area contributed by atoms with E-state index >= 15 is 0 Å². The molecule has 29 heavy (non-hydrogen) atoms. The third-order valence-electron chi connectivity index (χ3n) is 6.00. The fourth-order valence-corrected chi connectivity index (χ4v) is 4.07. The van der Waals surface area contributed by atoms with E-state index in [9.17, 15) is 4.79 Å². The van der Waals surface area contributed by atoms with Crippen LogP contribution < -0.4 is 0 Å². The first-order chi connectivity index (χ1) is 14.0. The van der Waals surface area contributed by atoms with Crippen molar-refractivity contribution >= 4 is 5.78 Å². The molecule has 0 saturated carbocycles. The highest BCUT2D eigenvalue weighted by molar-refractivity contribution is 5.94. The molecule has 2 aromatic carbocycles. The molecule has 1 fully saturated rings. The van der Waals surface area contributed by atoms with E-state index in [-0.39, 0.29) is 18.1 Å². The van der Waals surface area contributed by atoms with Crippen molar-refractivity contribution < 1.29 is 14.3 Å². The van der Waals surface area contributed by atoms with Gasteiger partial charge >= 0.3 is 0 Å². The minimum absolute atomic E-state index is 0.223. The molecule has 0 bridgehead atoms. The third-order valence-corrected chi connectivity index (χ3v) is 6.00. The van der Waals surface area contributed by atoms with Crippen LogP contribution in [-0.2, 0) is 19.7 Å². The summed E-state index contributed by atoms with van der Waals surface area (Å²) in [4.78, 5) is 16.1. The summed E-state index contributed by atoms with van der Waals surface area (Å²) < 4.78 is 11.4. The maximum absolute atomic E-state index is 13.9. The fourth-order valence-electron chi connectivity index (χ4n) is 4.07. The van der Waals surface area contributed by atoms with Crippen molar-refractivity contribution in [3.8, 4) is 0 Å². The van der Waals surface area contributed by atoms with Gasteiger partial charge in [0.1, 0.15) is 5.78 Å². The molecular formula is C25H33NO3. The summed E-state index contributed by atoms with van der Waals surface area (Å²) in [6, 6.07) is 20.7. The zero-order valence-electron chi connectivity index (χ0n) is 17.8. The Morgan fingerprint density at radius 3 is 2.00 bits per heavy atom. The lowest BCUT2D eigenvalue weighted by atomic mass is 9.66. The Morgan fingerprint density at radius 2 is 1.52 bits per heavy atom. The summed E-state index contributed by atoms with van der Waals surface area (Å²) in [5.41, 5.74) is 1.41. The summed E-state index contributed by atoms with van der Waals surface area (Å²) in [7, 11) is 4.14. The van der Waals surface area contributed by atoms with Crippen LogP contribution in [0.4, 0.5) is 0 Å². The van der Waals surface area contributed by atoms with Crippen molar-refractivity contribution in [2.24, 2.45) is 0 Å². The van der Waals surface area contributed by atoms with Gasteiger partial charge in [-0.2, -0.15) is 0 Å². The lowest BCUT2D eigenvalue weighted by molar-refractivity contribution is -0.182. The van der Waals surface area contributed by atoms with Crippen LogP contribution in [0.1, 0.15) is 43.7 Å². The first-order valence-electron chi connectivity index (χ1n) is 10.6. The molecule has 1 saturated heterocycles. The number of hydrogen-bond donors (Lipinski definition) is 0. The van der Waals surface area contributed by atoms with Crippen molar-refractivity contribution in [3.63, 3.8) is 0 Å². The van der Waals surface area contributed by atoms with Crippen LogP contribution >= 0.6 is 0 Å². The van der Waals surface area contributed by atoms with Crippen LogP contribution in [-0.4, -0.2) is 50.3 Å². The molecule has 1 atom stereocenters. The zero-order valence-corrected chi connectivity index (χ0v) is 17.8. The Morgan fingerprint density at radius 1 is 1.00 bits per heavy atom. The van der Waals surface area contributed by atoms with E-state index in [0.717, 1.165) is 24.0 Å². The smallest absolute Gasteiger partial charge is 0.157 e. The number of nitrogens with zero attached hydrogens (tertiary/aromatic N) is 1. The standard InChI is InChI=1S/C25H33NO3/c1-20(26(2)3)19-25(21-11-6-4-7-12-21,22-13-8-5-9-14-22)23(27)15-16-24-28-17-10-18-29-24/h4-9,11-14,20,24H,10,15-19H2,1-3H3/t20-/m0/s1. The van der Waals surface area contributed by atoms with Crippen LogP contribution in [0.5, 0.6) is 0 Å². The van der Waals surface area contributed by atoms with Crippen LogP contribution in [0.15, 0.2) is 60.7 Å². The van der Waals surface area contributed by atoms with E-state index in [1.54, 1.807) is 0 Å². The number of ketones is 1. The maximum atomic E-state index is 13.9. The molecule has 2 aromatic rings. The summed E-state index contributed by atoms with van der Waals surface area (Å²) in [5, 5.41) is 0. The Bertz CT molecular complexity index is 715. The average Bonchev–Trinajstić information content (AvgIpc) is 2.77. The number of ether oxygens (including phenoxy) is 2. The van der Waals surface area contributed by atoms with Gasteiger partial charge in [-0.25, -0.2) is 0 Å². The van der Waals surface area contributed by atoms with Crippen LogP contribution in [0.3, 0.4) is 0 Å². The SMILES string of the molecule is C[C@@H](CC(C(=O)CCC1OCCCO1)(c1ccccc1)c1ccccc1)N(C)C. The molecule has 0 aromatic heterocycles. The summed E-state index contributed by atoms with van der Waals surface area (Å²) in [5.74, 6) is 0.223. The molecule has 1 aliphatic rings. The van der Waals surface area contributed by atoms with E-state index in [2.05, 4.69) is 50.2 Å². The molecule has 0 spiro atoms. The van der Waals surface area contributed by atoms with Gasteiger partial charge in [-0.1, -0.05) is 60.7 Å². The predicted octanol–water partition coefficient (Wildman–Crippen LogP) is 4.43.